The first-order valence-electron chi connectivity index (χ1n) is 8.57. The Labute approximate surface area is 138 Å². The van der Waals surface area contributed by atoms with Crippen LogP contribution in [0.5, 0.6) is 0 Å². The van der Waals surface area contributed by atoms with Crippen molar-refractivity contribution in [1.29, 1.82) is 0 Å². The van der Waals surface area contributed by atoms with Gasteiger partial charge in [0.05, 0.1) is 12.6 Å². The lowest BCUT2D eigenvalue weighted by Crippen LogP contribution is -2.38. The zero-order chi connectivity index (χ0) is 16.1. The lowest BCUT2D eigenvalue weighted by Gasteiger charge is -2.34. The Balaban J connectivity index is 1.48. The van der Waals surface area contributed by atoms with Gasteiger partial charge in [-0.15, -0.1) is 0 Å². The van der Waals surface area contributed by atoms with Crippen molar-refractivity contribution in [3.05, 3.63) is 48.0 Å². The zero-order valence-corrected chi connectivity index (χ0v) is 13.8. The van der Waals surface area contributed by atoms with Crippen LogP contribution in [0.2, 0.25) is 0 Å². The van der Waals surface area contributed by atoms with E-state index in [2.05, 4.69) is 34.0 Å². The van der Waals surface area contributed by atoms with E-state index >= 15 is 0 Å². The molecule has 0 amide bonds. The van der Waals surface area contributed by atoms with Gasteiger partial charge in [0.1, 0.15) is 12.2 Å². The first-order chi connectivity index (χ1) is 11.3. The predicted octanol–water partition coefficient (Wildman–Crippen LogP) is 2.11. The van der Waals surface area contributed by atoms with Gasteiger partial charge in [0, 0.05) is 6.54 Å². The molecule has 1 aliphatic heterocycles. The monoisotopic (exact) mass is 314 g/mol. The smallest absolute Gasteiger partial charge is 0.140 e. The molecule has 1 atom stereocenters. The Kier molecular flexibility index (Phi) is 5.41. The highest BCUT2D eigenvalue weighted by atomic mass is 16.3. The summed E-state index contributed by atoms with van der Waals surface area (Å²) in [6, 6.07) is 10.3. The molecule has 1 aliphatic rings. The highest BCUT2D eigenvalue weighted by Crippen LogP contribution is 2.23. The number of nitrogens with zero attached hydrogens (tertiary/aromatic N) is 4. The molecule has 3 rings (SSSR count). The molecule has 2 aromatic rings. The predicted molar refractivity (Wildman–Crippen MR) is 89.8 cm³/mol. The Morgan fingerprint density at radius 3 is 2.65 bits per heavy atom. The molecule has 0 aliphatic carbocycles. The fraction of sp³-hybridized carbons (Fsp3) is 0.556. The number of piperidine rings is 1. The van der Waals surface area contributed by atoms with Gasteiger partial charge in [0.15, 0.2) is 0 Å². The Morgan fingerprint density at radius 2 is 1.96 bits per heavy atom. The molecule has 0 bridgehead atoms. The fourth-order valence-electron chi connectivity index (χ4n) is 3.39. The molecular formula is C18H26N4O. The summed E-state index contributed by atoms with van der Waals surface area (Å²) in [5.41, 5.74) is 1.22. The second-order valence-electron chi connectivity index (χ2n) is 6.36. The number of aliphatic hydroxyl groups is 1. The standard InChI is InChI=1S/C18H26N4O/c1-2-22-18(19-14-20-22)13-21-10-8-16(9-11-21)17(23)12-15-6-4-3-5-7-15/h3-7,14,16-17,23H,2,8-13H2,1H3/t17-/m0/s1. The molecule has 1 aromatic heterocycles. The maximum atomic E-state index is 10.5. The van der Waals surface area contributed by atoms with E-state index in [0.717, 1.165) is 51.3 Å². The van der Waals surface area contributed by atoms with Crippen LogP contribution < -0.4 is 0 Å². The van der Waals surface area contributed by atoms with E-state index in [-0.39, 0.29) is 6.10 Å². The molecule has 1 saturated heterocycles. The van der Waals surface area contributed by atoms with Crippen LogP contribution in [0, 0.1) is 5.92 Å². The van der Waals surface area contributed by atoms with Crippen molar-refractivity contribution in [1.82, 2.24) is 19.7 Å². The molecule has 0 unspecified atom stereocenters. The number of aliphatic hydroxyl groups excluding tert-OH is 1. The van der Waals surface area contributed by atoms with Crippen molar-refractivity contribution in [2.75, 3.05) is 13.1 Å². The number of likely N-dealkylation sites (tertiary alicyclic amines) is 1. The van der Waals surface area contributed by atoms with Crippen molar-refractivity contribution >= 4 is 0 Å². The van der Waals surface area contributed by atoms with Gasteiger partial charge in [-0.3, -0.25) is 4.90 Å². The van der Waals surface area contributed by atoms with E-state index in [1.807, 2.05) is 22.9 Å². The molecule has 5 heteroatoms. The second kappa shape index (κ2) is 7.70. The third kappa shape index (κ3) is 4.18. The van der Waals surface area contributed by atoms with E-state index in [1.54, 1.807) is 6.33 Å². The highest BCUT2D eigenvalue weighted by Gasteiger charge is 2.26. The molecule has 1 N–H and O–H groups in total. The summed E-state index contributed by atoms with van der Waals surface area (Å²) >= 11 is 0. The first-order valence-corrected chi connectivity index (χ1v) is 8.57. The minimum absolute atomic E-state index is 0.237. The average molecular weight is 314 g/mol. The summed E-state index contributed by atoms with van der Waals surface area (Å²) in [5, 5.41) is 14.7. The van der Waals surface area contributed by atoms with Crippen molar-refractivity contribution < 1.29 is 5.11 Å². The number of hydrogen-bond acceptors (Lipinski definition) is 4. The molecule has 1 aromatic carbocycles. The van der Waals surface area contributed by atoms with Crippen LogP contribution in [0.1, 0.15) is 31.2 Å². The summed E-state index contributed by atoms with van der Waals surface area (Å²) in [4.78, 5) is 6.77. The van der Waals surface area contributed by atoms with Gasteiger partial charge in [0.2, 0.25) is 0 Å². The van der Waals surface area contributed by atoms with E-state index in [0.29, 0.717) is 5.92 Å². The summed E-state index contributed by atoms with van der Waals surface area (Å²) in [6.07, 6.45) is 4.26. The molecule has 5 nitrogen and oxygen atoms in total. The maximum absolute atomic E-state index is 10.5. The minimum atomic E-state index is -0.237. The summed E-state index contributed by atoms with van der Waals surface area (Å²) in [6.45, 7) is 5.85. The van der Waals surface area contributed by atoms with Crippen LogP contribution in [0.4, 0.5) is 0 Å². The number of benzene rings is 1. The molecule has 0 radical (unpaired) electrons. The van der Waals surface area contributed by atoms with Gasteiger partial charge in [-0.25, -0.2) is 9.67 Å². The first kappa shape index (κ1) is 16.1. The molecule has 2 heterocycles. The molecule has 124 valence electrons. The van der Waals surface area contributed by atoms with Crippen LogP contribution >= 0.6 is 0 Å². The lowest BCUT2D eigenvalue weighted by atomic mass is 9.88. The van der Waals surface area contributed by atoms with Crippen LogP contribution in [0.25, 0.3) is 0 Å². The third-order valence-electron chi connectivity index (χ3n) is 4.82. The van der Waals surface area contributed by atoms with Crippen LogP contribution in [0.3, 0.4) is 0 Å². The van der Waals surface area contributed by atoms with E-state index in [4.69, 9.17) is 0 Å². The highest BCUT2D eigenvalue weighted by molar-refractivity contribution is 5.15. The minimum Gasteiger partial charge on any atom is -0.392 e. The summed E-state index contributed by atoms with van der Waals surface area (Å²) in [5.74, 6) is 1.44. The molecule has 1 fully saturated rings. The fourth-order valence-corrected chi connectivity index (χ4v) is 3.39. The van der Waals surface area contributed by atoms with Gasteiger partial charge >= 0.3 is 0 Å². The van der Waals surface area contributed by atoms with E-state index in [9.17, 15) is 5.11 Å². The van der Waals surface area contributed by atoms with Gasteiger partial charge in [-0.1, -0.05) is 30.3 Å². The SMILES string of the molecule is CCn1ncnc1CN1CCC([C@@H](O)Cc2ccccc2)CC1. The van der Waals surface area contributed by atoms with Gasteiger partial charge in [-0.05, 0) is 50.8 Å². The Bertz CT molecular complexity index is 590. The van der Waals surface area contributed by atoms with E-state index in [1.165, 1.54) is 5.56 Å². The molecule has 0 saturated carbocycles. The van der Waals surface area contributed by atoms with Crippen molar-refractivity contribution in [2.45, 2.75) is 45.4 Å². The quantitative estimate of drug-likeness (QED) is 0.887. The normalized spacial score (nSPS) is 18.2. The molecular weight excluding hydrogens is 288 g/mol. The van der Waals surface area contributed by atoms with Crippen molar-refractivity contribution in [3.8, 4) is 0 Å². The Hall–Kier alpha value is -1.72. The average Bonchev–Trinajstić information content (AvgIpc) is 3.03. The summed E-state index contributed by atoms with van der Waals surface area (Å²) in [7, 11) is 0. The van der Waals surface area contributed by atoms with Crippen LogP contribution in [-0.2, 0) is 19.5 Å². The Morgan fingerprint density at radius 1 is 1.22 bits per heavy atom. The van der Waals surface area contributed by atoms with Gasteiger partial charge < -0.3 is 5.11 Å². The number of aryl methyl sites for hydroxylation is 1. The number of rotatable bonds is 6. The van der Waals surface area contributed by atoms with Crippen LogP contribution in [0.15, 0.2) is 36.7 Å². The molecule has 23 heavy (non-hydrogen) atoms. The van der Waals surface area contributed by atoms with Crippen LogP contribution in [-0.4, -0.2) is 44.0 Å². The summed E-state index contributed by atoms with van der Waals surface area (Å²) < 4.78 is 1.95. The van der Waals surface area contributed by atoms with Gasteiger partial charge in [-0.2, -0.15) is 5.10 Å². The third-order valence-corrected chi connectivity index (χ3v) is 4.82. The number of hydrogen-bond donors (Lipinski definition) is 1. The maximum Gasteiger partial charge on any atom is 0.140 e. The topological polar surface area (TPSA) is 54.2 Å². The van der Waals surface area contributed by atoms with Crippen molar-refractivity contribution in [3.63, 3.8) is 0 Å². The van der Waals surface area contributed by atoms with E-state index < -0.39 is 0 Å². The zero-order valence-electron chi connectivity index (χ0n) is 13.8. The van der Waals surface area contributed by atoms with Gasteiger partial charge in [0.25, 0.3) is 0 Å². The second-order valence-corrected chi connectivity index (χ2v) is 6.36. The number of aromatic nitrogens is 3. The lowest BCUT2D eigenvalue weighted by molar-refractivity contribution is 0.0565. The molecule has 0 spiro atoms. The van der Waals surface area contributed by atoms with Crippen molar-refractivity contribution in [2.24, 2.45) is 5.92 Å². The largest absolute Gasteiger partial charge is 0.392 e.